The van der Waals surface area contributed by atoms with Crippen LogP contribution in [0.5, 0.6) is 0 Å². The molecule has 0 unspecified atom stereocenters. The van der Waals surface area contributed by atoms with Gasteiger partial charge in [0.25, 0.3) is 5.91 Å². The van der Waals surface area contributed by atoms with Crippen molar-refractivity contribution in [1.82, 2.24) is 10.3 Å². The van der Waals surface area contributed by atoms with Gasteiger partial charge in [-0.2, -0.15) is 13.2 Å². The third kappa shape index (κ3) is 4.30. The lowest BCUT2D eigenvalue weighted by Crippen LogP contribution is -2.22. The first-order valence-electron chi connectivity index (χ1n) is 8.80. The minimum Gasteiger partial charge on any atom is -0.348 e. The van der Waals surface area contributed by atoms with Crippen molar-refractivity contribution in [2.75, 3.05) is 0 Å². The molecule has 146 valence electrons. The van der Waals surface area contributed by atoms with Gasteiger partial charge in [0, 0.05) is 17.7 Å². The number of nitrogens with zero attached hydrogens (tertiary/aromatic N) is 1. The lowest BCUT2D eigenvalue weighted by atomic mass is 10.1. The highest BCUT2D eigenvalue weighted by atomic mass is 32.1. The van der Waals surface area contributed by atoms with E-state index in [1.807, 2.05) is 30.3 Å². The third-order valence-corrected chi connectivity index (χ3v) is 5.45. The molecule has 7 heteroatoms. The minimum absolute atomic E-state index is 0.0126. The minimum atomic E-state index is -4.41. The number of halogens is 3. The zero-order chi connectivity index (χ0) is 20.4. The molecule has 29 heavy (non-hydrogen) atoms. The van der Waals surface area contributed by atoms with Crippen molar-refractivity contribution in [3.63, 3.8) is 0 Å². The van der Waals surface area contributed by atoms with Gasteiger partial charge in [0.2, 0.25) is 0 Å². The molecule has 0 saturated heterocycles. The number of thiazole rings is 1. The van der Waals surface area contributed by atoms with Crippen molar-refractivity contribution in [2.45, 2.75) is 12.7 Å². The number of amides is 1. The molecule has 0 saturated carbocycles. The molecule has 0 aliphatic rings. The van der Waals surface area contributed by atoms with E-state index in [9.17, 15) is 18.0 Å². The van der Waals surface area contributed by atoms with Crippen molar-refractivity contribution >= 4 is 27.5 Å². The van der Waals surface area contributed by atoms with Crippen LogP contribution < -0.4 is 5.32 Å². The summed E-state index contributed by atoms with van der Waals surface area (Å²) in [5, 5.41) is 3.54. The second-order valence-electron chi connectivity index (χ2n) is 6.45. The average Bonchev–Trinajstić information content (AvgIpc) is 3.15. The molecular formula is C22H15F3N2OS. The highest BCUT2D eigenvalue weighted by Gasteiger charge is 2.30. The normalized spacial score (nSPS) is 11.6. The Bertz CT molecular complexity index is 1170. The highest BCUT2D eigenvalue weighted by molar-refractivity contribution is 7.21. The van der Waals surface area contributed by atoms with E-state index in [1.165, 1.54) is 17.4 Å². The van der Waals surface area contributed by atoms with Gasteiger partial charge in [-0.3, -0.25) is 4.79 Å². The van der Waals surface area contributed by atoms with Crippen molar-refractivity contribution in [1.29, 1.82) is 0 Å². The first-order chi connectivity index (χ1) is 13.9. The van der Waals surface area contributed by atoms with Gasteiger partial charge in [0.05, 0.1) is 15.8 Å². The maximum atomic E-state index is 12.8. The quantitative estimate of drug-likeness (QED) is 0.453. The fraction of sp³-hybridized carbons (Fsp3) is 0.0909. The molecule has 1 N–H and O–H groups in total. The summed E-state index contributed by atoms with van der Waals surface area (Å²) in [6.45, 7) is 0.0126. The number of hydrogen-bond acceptors (Lipinski definition) is 3. The summed E-state index contributed by atoms with van der Waals surface area (Å²) in [6.07, 6.45) is -4.41. The lowest BCUT2D eigenvalue weighted by molar-refractivity contribution is -0.137. The van der Waals surface area contributed by atoms with E-state index >= 15 is 0 Å². The number of alkyl halides is 3. The van der Waals surface area contributed by atoms with Crippen LogP contribution in [0.1, 0.15) is 21.5 Å². The highest BCUT2D eigenvalue weighted by Crippen LogP contribution is 2.31. The molecular weight excluding hydrogens is 397 g/mol. The van der Waals surface area contributed by atoms with Crippen LogP contribution in [0.2, 0.25) is 0 Å². The predicted molar refractivity (Wildman–Crippen MR) is 108 cm³/mol. The molecule has 1 amide bonds. The Morgan fingerprint density at radius 1 is 0.966 bits per heavy atom. The molecule has 3 aromatic carbocycles. The summed E-state index contributed by atoms with van der Waals surface area (Å²) in [5.74, 6) is -0.348. The number of aromatic nitrogens is 1. The number of fused-ring (bicyclic) bond motifs is 1. The van der Waals surface area contributed by atoms with Crippen molar-refractivity contribution in [3.8, 4) is 10.6 Å². The van der Waals surface area contributed by atoms with Crippen LogP contribution in [-0.4, -0.2) is 10.9 Å². The van der Waals surface area contributed by atoms with Crippen LogP contribution in [0.15, 0.2) is 72.8 Å². The van der Waals surface area contributed by atoms with E-state index in [0.717, 1.165) is 32.9 Å². The number of carbonyl (C=O) groups is 1. The molecule has 0 aliphatic heterocycles. The average molecular weight is 412 g/mol. The van der Waals surface area contributed by atoms with Gasteiger partial charge in [-0.15, -0.1) is 11.3 Å². The van der Waals surface area contributed by atoms with Crippen LogP contribution in [0.25, 0.3) is 20.8 Å². The Morgan fingerprint density at radius 3 is 2.52 bits per heavy atom. The van der Waals surface area contributed by atoms with Gasteiger partial charge >= 0.3 is 6.18 Å². The Hall–Kier alpha value is -3.19. The number of hydrogen-bond donors (Lipinski definition) is 1. The Labute approximate surface area is 168 Å². The van der Waals surface area contributed by atoms with E-state index in [0.29, 0.717) is 11.1 Å². The first kappa shape index (κ1) is 19.1. The zero-order valence-corrected chi connectivity index (χ0v) is 15.8. The Kier molecular flexibility index (Phi) is 5.07. The van der Waals surface area contributed by atoms with E-state index in [-0.39, 0.29) is 12.5 Å². The standard InChI is InChI=1S/C22H15F3N2OS/c23-22(24,25)17-8-4-5-14(11-17)13-26-20(28)16-9-10-18-19(12-16)29-21(27-18)15-6-2-1-3-7-15/h1-12H,13H2,(H,26,28). The third-order valence-electron chi connectivity index (χ3n) is 4.38. The number of carbonyl (C=O) groups excluding carboxylic acids is 1. The Balaban J connectivity index is 1.50. The van der Waals surface area contributed by atoms with E-state index in [2.05, 4.69) is 10.3 Å². The molecule has 0 aliphatic carbocycles. The summed E-state index contributed by atoms with van der Waals surface area (Å²) in [4.78, 5) is 17.1. The summed E-state index contributed by atoms with van der Waals surface area (Å²) in [7, 11) is 0. The summed E-state index contributed by atoms with van der Waals surface area (Å²) < 4.78 is 39.3. The number of benzene rings is 3. The molecule has 0 radical (unpaired) electrons. The summed E-state index contributed by atoms with van der Waals surface area (Å²) in [6, 6.07) is 19.9. The largest absolute Gasteiger partial charge is 0.416 e. The van der Waals surface area contributed by atoms with Gasteiger partial charge < -0.3 is 5.32 Å². The summed E-state index contributed by atoms with van der Waals surface area (Å²) >= 11 is 1.48. The molecule has 4 aromatic rings. The zero-order valence-electron chi connectivity index (χ0n) is 15.0. The second-order valence-corrected chi connectivity index (χ2v) is 7.48. The smallest absolute Gasteiger partial charge is 0.348 e. The van der Waals surface area contributed by atoms with Gasteiger partial charge in [0.1, 0.15) is 5.01 Å². The number of nitrogens with one attached hydrogen (secondary N) is 1. The topological polar surface area (TPSA) is 42.0 Å². The number of rotatable bonds is 4. The van der Waals surface area contributed by atoms with Crippen molar-refractivity contribution in [3.05, 3.63) is 89.5 Å². The van der Waals surface area contributed by atoms with Gasteiger partial charge in [-0.05, 0) is 35.9 Å². The van der Waals surface area contributed by atoms with Crippen molar-refractivity contribution in [2.24, 2.45) is 0 Å². The summed E-state index contributed by atoms with van der Waals surface area (Å²) in [5.41, 5.74) is 1.89. The van der Waals surface area contributed by atoms with Crippen molar-refractivity contribution < 1.29 is 18.0 Å². The predicted octanol–water partition coefficient (Wildman–Crippen LogP) is 5.91. The first-order valence-corrected chi connectivity index (χ1v) is 9.62. The molecule has 1 heterocycles. The lowest BCUT2D eigenvalue weighted by Gasteiger charge is -2.09. The SMILES string of the molecule is O=C(NCc1cccc(C(F)(F)F)c1)c1ccc2nc(-c3ccccc3)sc2c1. The van der Waals surface area contributed by atoms with Gasteiger partial charge in [-0.1, -0.05) is 42.5 Å². The fourth-order valence-corrected chi connectivity index (χ4v) is 3.92. The molecule has 4 rings (SSSR count). The molecule has 0 atom stereocenters. The Morgan fingerprint density at radius 2 is 1.76 bits per heavy atom. The van der Waals surface area contributed by atoms with E-state index < -0.39 is 11.7 Å². The van der Waals surface area contributed by atoms with Crippen LogP contribution in [-0.2, 0) is 12.7 Å². The second kappa shape index (κ2) is 7.67. The molecule has 1 aromatic heterocycles. The van der Waals surface area contributed by atoms with Crippen LogP contribution in [0.3, 0.4) is 0 Å². The van der Waals surface area contributed by atoms with E-state index in [4.69, 9.17) is 0 Å². The maximum Gasteiger partial charge on any atom is 0.416 e. The van der Waals surface area contributed by atoms with Gasteiger partial charge in [-0.25, -0.2) is 4.98 Å². The van der Waals surface area contributed by atoms with E-state index in [1.54, 1.807) is 24.3 Å². The molecule has 0 fully saturated rings. The molecule has 3 nitrogen and oxygen atoms in total. The monoisotopic (exact) mass is 412 g/mol. The van der Waals surface area contributed by atoms with Crippen LogP contribution in [0.4, 0.5) is 13.2 Å². The van der Waals surface area contributed by atoms with Crippen LogP contribution >= 0.6 is 11.3 Å². The van der Waals surface area contributed by atoms with Crippen LogP contribution in [0, 0.1) is 0 Å². The molecule has 0 bridgehead atoms. The maximum absolute atomic E-state index is 12.8. The molecule has 0 spiro atoms. The van der Waals surface area contributed by atoms with Gasteiger partial charge in [0.15, 0.2) is 0 Å². The fourth-order valence-electron chi connectivity index (χ4n) is 2.91.